The highest BCUT2D eigenvalue weighted by Gasteiger charge is 2.26. The third-order valence-electron chi connectivity index (χ3n) is 5.18. The van der Waals surface area contributed by atoms with Crippen molar-refractivity contribution in [3.8, 4) is 5.75 Å². The lowest BCUT2D eigenvalue weighted by molar-refractivity contribution is -0.148. The molecule has 1 aliphatic rings. The molecule has 9 nitrogen and oxygen atoms in total. The van der Waals surface area contributed by atoms with E-state index in [1.165, 1.54) is 0 Å². The molecule has 1 aromatic rings. The molecule has 0 saturated carbocycles. The normalized spacial score (nSPS) is 16.0. The number of methoxy groups -OCH3 is 1. The van der Waals surface area contributed by atoms with Crippen LogP contribution >= 0.6 is 0 Å². The number of rotatable bonds is 12. The SMILES string of the molecule is CCCCOC(=O)[C@H](Cc1ccc(OC)cc1)NC(=O)[C@H](C)NC(=O)CN1CCOCC1. The second-order valence-electron chi connectivity index (χ2n) is 7.81. The van der Waals surface area contributed by atoms with Crippen molar-refractivity contribution in [1.29, 1.82) is 0 Å². The molecule has 1 aromatic carbocycles. The molecule has 2 N–H and O–H groups in total. The van der Waals surface area contributed by atoms with Gasteiger partial charge in [-0.3, -0.25) is 14.5 Å². The monoisotopic (exact) mass is 449 g/mol. The molecule has 1 fully saturated rings. The van der Waals surface area contributed by atoms with E-state index in [0.717, 1.165) is 18.4 Å². The van der Waals surface area contributed by atoms with Crippen molar-refractivity contribution in [2.75, 3.05) is 46.6 Å². The van der Waals surface area contributed by atoms with Gasteiger partial charge < -0.3 is 24.8 Å². The van der Waals surface area contributed by atoms with E-state index >= 15 is 0 Å². The number of nitrogens with zero attached hydrogens (tertiary/aromatic N) is 1. The van der Waals surface area contributed by atoms with Gasteiger partial charge in [-0.05, 0) is 31.0 Å². The lowest BCUT2D eigenvalue weighted by Gasteiger charge is -2.26. The van der Waals surface area contributed by atoms with Crippen LogP contribution in [-0.4, -0.2) is 81.3 Å². The van der Waals surface area contributed by atoms with Crippen LogP contribution in [0.5, 0.6) is 5.75 Å². The summed E-state index contributed by atoms with van der Waals surface area (Å²) in [5.41, 5.74) is 0.854. The van der Waals surface area contributed by atoms with Crippen molar-refractivity contribution in [3.05, 3.63) is 29.8 Å². The Morgan fingerprint density at radius 2 is 1.81 bits per heavy atom. The van der Waals surface area contributed by atoms with Gasteiger partial charge in [0.1, 0.15) is 17.8 Å². The van der Waals surface area contributed by atoms with Gasteiger partial charge in [0.25, 0.3) is 0 Å². The van der Waals surface area contributed by atoms with Crippen LogP contribution in [0.4, 0.5) is 0 Å². The Morgan fingerprint density at radius 1 is 1.12 bits per heavy atom. The average molecular weight is 450 g/mol. The quantitative estimate of drug-likeness (QED) is 0.361. The van der Waals surface area contributed by atoms with Crippen molar-refractivity contribution in [2.24, 2.45) is 0 Å². The summed E-state index contributed by atoms with van der Waals surface area (Å²) in [4.78, 5) is 39.6. The highest BCUT2D eigenvalue weighted by molar-refractivity contribution is 5.91. The number of morpholine rings is 1. The van der Waals surface area contributed by atoms with Gasteiger partial charge in [-0.15, -0.1) is 0 Å². The number of carbonyl (C=O) groups excluding carboxylic acids is 3. The Balaban J connectivity index is 1.94. The van der Waals surface area contributed by atoms with Crippen LogP contribution in [0, 0.1) is 0 Å². The number of esters is 1. The van der Waals surface area contributed by atoms with E-state index in [2.05, 4.69) is 10.6 Å². The lowest BCUT2D eigenvalue weighted by atomic mass is 10.1. The molecular formula is C23H35N3O6. The van der Waals surface area contributed by atoms with Gasteiger partial charge >= 0.3 is 5.97 Å². The first kappa shape index (κ1) is 25.6. The van der Waals surface area contributed by atoms with E-state index in [1.807, 2.05) is 24.0 Å². The van der Waals surface area contributed by atoms with E-state index in [9.17, 15) is 14.4 Å². The highest BCUT2D eigenvalue weighted by atomic mass is 16.5. The smallest absolute Gasteiger partial charge is 0.328 e. The molecule has 0 aliphatic carbocycles. The molecule has 32 heavy (non-hydrogen) atoms. The lowest BCUT2D eigenvalue weighted by Crippen LogP contribution is -2.53. The molecule has 1 heterocycles. The third-order valence-corrected chi connectivity index (χ3v) is 5.18. The standard InChI is InChI=1S/C23H35N3O6/c1-4-5-12-32-23(29)20(15-18-6-8-19(30-3)9-7-18)25-22(28)17(2)24-21(27)16-26-10-13-31-14-11-26/h6-9,17,20H,4-5,10-16H2,1-3H3,(H,24,27)(H,25,28)/t17-,20-/m0/s1. The maximum absolute atomic E-state index is 12.7. The number of hydrogen-bond donors (Lipinski definition) is 2. The number of nitrogens with one attached hydrogen (secondary N) is 2. The summed E-state index contributed by atoms with van der Waals surface area (Å²) < 4.78 is 15.8. The van der Waals surface area contributed by atoms with Crippen molar-refractivity contribution >= 4 is 17.8 Å². The average Bonchev–Trinajstić information content (AvgIpc) is 2.79. The third kappa shape index (κ3) is 8.84. The van der Waals surface area contributed by atoms with Gasteiger partial charge in [0.2, 0.25) is 11.8 Å². The minimum Gasteiger partial charge on any atom is -0.497 e. The first-order valence-electron chi connectivity index (χ1n) is 11.1. The highest BCUT2D eigenvalue weighted by Crippen LogP contribution is 2.13. The summed E-state index contributed by atoms with van der Waals surface area (Å²) in [6.45, 7) is 6.66. The van der Waals surface area contributed by atoms with E-state index in [-0.39, 0.29) is 18.9 Å². The predicted octanol–water partition coefficient (Wildman–Crippen LogP) is 0.903. The van der Waals surface area contributed by atoms with Crippen LogP contribution in [0.25, 0.3) is 0 Å². The van der Waals surface area contributed by atoms with Crippen molar-refractivity contribution in [1.82, 2.24) is 15.5 Å². The van der Waals surface area contributed by atoms with Crippen LogP contribution in [0.3, 0.4) is 0 Å². The van der Waals surface area contributed by atoms with Crippen molar-refractivity contribution in [3.63, 3.8) is 0 Å². The fourth-order valence-electron chi connectivity index (χ4n) is 3.22. The first-order chi connectivity index (χ1) is 15.4. The Bertz CT molecular complexity index is 734. The van der Waals surface area contributed by atoms with Crippen molar-refractivity contribution < 1.29 is 28.6 Å². The van der Waals surface area contributed by atoms with E-state index in [1.54, 1.807) is 26.2 Å². The van der Waals surface area contributed by atoms with Gasteiger partial charge in [-0.2, -0.15) is 0 Å². The molecule has 1 aliphatic heterocycles. The van der Waals surface area contributed by atoms with Crippen LogP contribution < -0.4 is 15.4 Å². The first-order valence-corrected chi connectivity index (χ1v) is 11.1. The molecule has 0 aromatic heterocycles. The van der Waals surface area contributed by atoms with Crippen LogP contribution in [-0.2, 0) is 30.3 Å². The molecule has 0 unspecified atom stereocenters. The topological polar surface area (TPSA) is 106 Å². The molecule has 1 saturated heterocycles. The fraction of sp³-hybridized carbons (Fsp3) is 0.609. The summed E-state index contributed by atoms with van der Waals surface area (Å²) >= 11 is 0. The van der Waals surface area contributed by atoms with Gasteiger partial charge in [-0.1, -0.05) is 25.5 Å². The number of unbranched alkanes of at least 4 members (excludes halogenated alkanes) is 1. The Hall–Kier alpha value is -2.65. The number of carbonyl (C=O) groups is 3. The number of ether oxygens (including phenoxy) is 3. The van der Waals surface area contributed by atoms with Gasteiger partial charge in [0, 0.05) is 19.5 Å². The minimum atomic E-state index is -0.855. The van der Waals surface area contributed by atoms with Crippen LogP contribution in [0.2, 0.25) is 0 Å². The zero-order valence-corrected chi connectivity index (χ0v) is 19.2. The minimum absolute atomic E-state index is 0.204. The molecule has 2 atom stereocenters. The van der Waals surface area contributed by atoms with Crippen molar-refractivity contribution in [2.45, 2.75) is 45.2 Å². The zero-order valence-electron chi connectivity index (χ0n) is 19.2. The molecule has 2 amide bonds. The molecule has 2 rings (SSSR count). The zero-order chi connectivity index (χ0) is 23.3. The summed E-state index contributed by atoms with van der Waals surface area (Å²) in [7, 11) is 1.58. The van der Waals surface area contributed by atoms with E-state index in [4.69, 9.17) is 14.2 Å². The van der Waals surface area contributed by atoms with E-state index in [0.29, 0.717) is 38.7 Å². The Morgan fingerprint density at radius 3 is 2.44 bits per heavy atom. The molecule has 0 bridgehead atoms. The number of amides is 2. The predicted molar refractivity (Wildman–Crippen MR) is 119 cm³/mol. The maximum atomic E-state index is 12.7. The number of benzene rings is 1. The summed E-state index contributed by atoms with van der Waals surface area (Å²) in [5.74, 6) is -0.469. The number of hydrogen-bond acceptors (Lipinski definition) is 7. The van der Waals surface area contributed by atoms with Gasteiger partial charge in [0.05, 0.1) is 33.5 Å². The summed E-state index contributed by atoms with van der Waals surface area (Å²) in [6, 6.07) is 5.63. The maximum Gasteiger partial charge on any atom is 0.328 e. The summed E-state index contributed by atoms with van der Waals surface area (Å²) in [6.07, 6.45) is 1.92. The van der Waals surface area contributed by atoms with Crippen LogP contribution in [0.15, 0.2) is 24.3 Å². The van der Waals surface area contributed by atoms with Gasteiger partial charge in [0.15, 0.2) is 0 Å². The second-order valence-corrected chi connectivity index (χ2v) is 7.81. The van der Waals surface area contributed by atoms with E-state index < -0.39 is 24.0 Å². The fourth-order valence-corrected chi connectivity index (χ4v) is 3.22. The molecular weight excluding hydrogens is 414 g/mol. The Labute approximate surface area is 189 Å². The molecule has 0 radical (unpaired) electrons. The molecule has 9 heteroatoms. The van der Waals surface area contributed by atoms with Gasteiger partial charge in [-0.25, -0.2) is 4.79 Å². The molecule has 0 spiro atoms. The van der Waals surface area contributed by atoms with Crippen LogP contribution in [0.1, 0.15) is 32.3 Å². The Kier molecular flexibility index (Phi) is 11.0. The second kappa shape index (κ2) is 13.7. The largest absolute Gasteiger partial charge is 0.497 e. The summed E-state index contributed by atoms with van der Waals surface area (Å²) in [5, 5.41) is 5.44. The molecule has 178 valence electrons.